The van der Waals surface area contributed by atoms with Crippen LogP contribution in [-0.4, -0.2) is 33.0 Å². The van der Waals surface area contributed by atoms with Crippen molar-refractivity contribution >= 4 is 23.4 Å². The Hall–Kier alpha value is -2.80. The molecule has 0 saturated carbocycles. The molecule has 0 fully saturated rings. The lowest BCUT2D eigenvalue weighted by molar-refractivity contribution is -0.113. The summed E-state index contributed by atoms with van der Waals surface area (Å²) in [5.41, 5.74) is 3.98. The third-order valence-electron chi connectivity index (χ3n) is 4.46. The third-order valence-corrected chi connectivity index (χ3v) is 5.42. The fraction of sp³-hybridized carbons (Fsp3) is 0.318. The quantitative estimate of drug-likeness (QED) is 0.545. The van der Waals surface area contributed by atoms with Crippen LogP contribution in [0.4, 0.5) is 5.69 Å². The summed E-state index contributed by atoms with van der Waals surface area (Å²) in [6, 6.07) is 13.8. The molecule has 7 heteroatoms. The van der Waals surface area contributed by atoms with Gasteiger partial charge in [-0.15, -0.1) is 10.2 Å². The van der Waals surface area contributed by atoms with E-state index in [4.69, 9.17) is 4.74 Å². The van der Waals surface area contributed by atoms with Crippen LogP contribution >= 0.6 is 11.8 Å². The maximum absolute atomic E-state index is 12.4. The molecular formula is C22H26N4O2S. The molecule has 0 saturated heterocycles. The average molecular weight is 411 g/mol. The number of hydrogen-bond acceptors (Lipinski definition) is 5. The molecular weight excluding hydrogens is 384 g/mol. The van der Waals surface area contributed by atoms with E-state index in [1.807, 2.05) is 74.7 Å². The number of thioether (sulfide) groups is 1. The Morgan fingerprint density at radius 2 is 1.86 bits per heavy atom. The molecule has 0 unspecified atom stereocenters. The summed E-state index contributed by atoms with van der Waals surface area (Å²) in [4.78, 5) is 12.4. The van der Waals surface area contributed by atoms with Crippen LogP contribution in [0.25, 0.3) is 11.4 Å². The Kier molecular flexibility index (Phi) is 6.93. The first-order chi connectivity index (χ1) is 14.0. The standard InChI is InChI=1S/C22H26N4O2S/c1-5-26-21(17-9-11-18(12-10-17)28-6-2)24-25-22(26)29-14-20(27)23-19-13-15(3)7-8-16(19)4/h7-13H,5-6,14H2,1-4H3,(H,23,27). The van der Waals surface area contributed by atoms with Crippen LogP contribution in [0.1, 0.15) is 25.0 Å². The van der Waals surface area contributed by atoms with Gasteiger partial charge in [-0.3, -0.25) is 4.79 Å². The number of hydrogen-bond donors (Lipinski definition) is 1. The van der Waals surface area contributed by atoms with Crippen molar-refractivity contribution in [2.24, 2.45) is 0 Å². The number of carbonyl (C=O) groups is 1. The molecule has 1 heterocycles. The van der Waals surface area contributed by atoms with Crippen molar-refractivity contribution < 1.29 is 9.53 Å². The minimum absolute atomic E-state index is 0.0584. The van der Waals surface area contributed by atoms with Crippen molar-refractivity contribution in [3.05, 3.63) is 53.6 Å². The smallest absolute Gasteiger partial charge is 0.234 e. The fourth-order valence-electron chi connectivity index (χ4n) is 2.95. The van der Waals surface area contributed by atoms with Gasteiger partial charge >= 0.3 is 0 Å². The lowest BCUT2D eigenvalue weighted by atomic mass is 10.1. The van der Waals surface area contributed by atoms with E-state index in [1.54, 1.807) is 0 Å². The first kappa shape index (κ1) is 20.9. The Labute approximate surface area is 175 Å². The SMILES string of the molecule is CCOc1ccc(-c2nnc(SCC(=O)Nc3cc(C)ccc3C)n2CC)cc1. The van der Waals surface area contributed by atoms with Crippen molar-refractivity contribution in [1.29, 1.82) is 0 Å². The second-order valence-electron chi connectivity index (χ2n) is 6.66. The number of nitrogens with one attached hydrogen (secondary N) is 1. The minimum Gasteiger partial charge on any atom is -0.494 e. The third kappa shape index (κ3) is 5.17. The van der Waals surface area contributed by atoms with Crippen LogP contribution in [0.2, 0.25) is 0 Å². The highest BCUT2D eigenvalue weighted by atomic mass is 32.2. The van der Waals surface area contributed by atoms with E-state index in [1.165, 1.54) is 11.8 Å². The van der Waals surface area contributed by atoms with Gasteiger partial charge < -0.3 is 14.6 Å². The molecule has 2 aromatic carbocycles. The number of anilines is 1. The number of amides is 1. The Bertz CT molecular complexity index is 983. The van der Waals surface area contributed by atoms with Gasteiger partial charge in [-0.1, -0.05) is 23.9 Å². The molecule has 29 heavy (non-hydrogen) atoms. The summed E-state index contributed by atoms with van der Waals surface area (Å²) in [5.74, 6) is 1.83. The first-order valence-corrected chi connectivity index (χ1v) is 10.7. The number of aryl methyl sites for hydroxylation is 2. The van der Waals surface area contributed by atoms with Gasteiger partial charge in [-0.25, -0.2) is 0 Å². The molecule has 0 aliphatic heterocycles. The predicted octanol–water partition coefficient (Wildman–Crippen LogP) is 4.71. The first-order valence-electron chi connectivity index (χ1n) is 9.68. The number of rotatable bonds is 8. The zero-order valence-electron chi connectivity index (χ0n) is 17.2. The van der Waals surface area contributed by atoms with E-state index >= 15 is 0 Å². The monoisotopic (exact) mass is 410 g/mol. The van der Waals surface area contributed by atoms with Gasteiger partial charge in [0, 0.05) is 17.8 Å². The summed E-state index contributed by atoms with van der Waals surface area (Å²) in [5, 5.41) is 12.4. The van der Waals surface area contributed by atoms with Crippen molar-refractivity contribution in [3.8, 4) is 17.1 Å². The molecule has 3 aromatic rings. The predicted molar refractivity (Wildman–Crippen MR) is 118 cm³/mol. The second kappa shape index (κ2) is 9.60. The van der Waals surface area contributed by atoms with Gasteiger partial charge in [0.1, 0.15) is 5.75 Å². The number of benzene rings is 2. The Balaban J connectivity index is 1.68. The van der Waals surface area contributed by atoms with Crippen LogP contribution < -0.4 is 10.1 Å². The van der Waals surface area contributed by atoms with E-state index < -0.39 is 0 Å². The number of nitrogens with zero attached hydrogens (tertiary/aromatic N) is 3. The van der Waals surface area contributed by atoms with E-state index in [9.17, 15) is 4.79 Å². The van der Waals surface area contributed by atoms with E-state index in [0.717, 1.165) is 45.7 Å². The van der Waals surface area contributed by atoms with E-state index in [-0.39, 0.29) is 11.7 Å². The van der Waals surface area contributed by atoms with Crippen LogP contribution in [0, 0.1) is 13.8 Å². The summed E-state index contributed by atoms with van der Waals surface area (Å²) in [6.07, 6.45) is 0. The van der Waals surface area contributed by atoms with Gasteiger partial charge in [-0.2, -0.15) is 0 Å². The van der Waals surface area contributed by atoms with Gasteiger partial charge in [0.05, 0.1) is 12.4 Å². The van der Waals surface area contributed by atoms with E-state index in [0.29, 0.717) is 6.61 Å². The number of ether oxygens (including phenoxy) is 1. The lowest BCUT2D eigenvalue weighted by Crippen LogP contribution is -2.15. The van der Waals surface area contributed by atoms with Gasteiger partial charge in [0.25, 0.3) is 0 Å². The summed E-state index contributed by atoms with van der Waals surface area (Å²) in [7, 11) is 0. The molecule has 1 N–H and O–H groups in total. The molecule has 152 valence electrons. The highest BCUT2D eigenvalue weighted by Crippen LogP contribution is 2.26. The summed E-state index contributed by atoms with van der Waals surface area (Å²) in [6.45, 7) is 9.35. The number of carbonyl (C=O) groups excluding carboxylic acids is 1. The topological polar surface area (TPSA) is 69.0 Å². The van der Waals surface area contributed by atoms with Crippen molar-refractivity contribution in [1.82, 2.24) is 14.8 Å². The largest absolute Gasteiger partial charge is 0.494 e. The van der Waals surface area contributed by atoms with Crippen LogP contribution in [0.3, 0.4) is 0 Å². The summed E-state index contributed by atoms with van der Waals surface area (Å²) >= 11 is 1.39. The zero-order valence-corrected chi connectivity index (χ0v) is 18.0. The van der Waals surface area contributed by atoms with Crippen molar-refractivity contribution in [3.63, 3.8) is 0 Å². The highest BCUT2D eigenvalue weighted by molar-refractivity contribution is 7.99. The van der Waals surface area contributed by atoms with Crippen LogP contribution in [0.5, 0.6) is 5.75 Å². The maximum Gasteiger partial charge on any atom is 0.234 e. The Morgan fingerprint density at radius 1 is 1.10 bits per heavy atom. The summed E-state index contributed by atoms with van der Waals surface area (Å²) < 4.78 is 7.52. The minimum atomic E-state index is -0.0584. The van der Waals surface area contributed by atoms with Gasteiger partial charge in [-0.05, 0) is 69.2 Å². The molecule has 1 amide bonds. The second-order valence-corrected chi connectivity index (χ2v) is 7.61. The van der Waals surface area contributed by atoms with Crippen molar-refractivity contribution in [2.45, 2.75) is 39.4 Å². The molecule has 3 rings (SSSR count). The fourth-order valence-corrected chi connectivity index (χ4v) is 3.75. The highest BCUT2D eigenvalue weighted by Gasteiger charge is 2.15. The Morgan fingerprint density at radius 3 is 2.55 bits per heavy atom. The van der Waals surface area contributed by atoms with E-state index in [2.05, 4.69) is 15.5 Å². The molecule has 6 nitrogen and oxygen atoms in total. The van der Waals surface area contributed by atoms with Gasteiger partial charge in [0.2, 0.25) is 5.91 Å². The van der Waals surface area contributed by atoms with Crippen molar-refractivity contribution in [2.75, 3.05) is 17.7 Å². The van der Waals surface area contributed by atoms with Gasteiger partial charge in [0.15, 0.2) is 11.0 Å². The molecule has 1 aromatic heterocycles. The molecule has 0 radical (unpaired) electrons. The lowest BCUT2D eigenvalue weighted by Gasteiger charge is -2.10. The van der Waals surface area contributed by atoms with Crippen LogP contribution in [-0.2, 0) is 11.3 Å². The van der Waals surface area contributed by atoms with Crippen LogP contribution in [0.15, 0.2) is 47.6 Å². The molecule has 0 aliphatic rings. The zero-order chi connectivity index (χ0) is 20.8. The normalized spacial score (nSPS) is 10.8. The number of aromatic nitrogens is 3. The molecule has 0 bridgehead atoms. The average Bonchev–Trinajstić information content (AvgIpc) is 3.13. The molecule has 0 aliphatic carbocycles. The molecule has 0 atom stereocenters. The molecule has 0 spiro atoms. The maximum atomic E-state index is 12.4.